The van der Waals surface area contributed by atoms with Crippen LogP contribution >= 0.6 is 0 Å². The van der Waals surface area contributed by atoms with Gasteiger partial charge in [-0.2, -0.15) is 6.42 Å². The lowest BCUT2D eigenvalue weighted by atomic mass is 10.1. The van der Waals surface area contributed by atoms with Crippen molar-refractivity contribution in [1.29, 1.82) is 0 Å². The van der Waals surface area contributed by atoms with E-state index in [1.807, 2.05) is 0 Å². The third-order valence-electron chi connectivity index (χ3n) is 4.48. The summed E-state index contributed by atoms with van der Waals surface area (Å²) in [5.74, 6) is 6.70. The molecule has 134 valence electrons. The Labute approximate surface area is 148 Å². The van der Waals surface area contributed by atoms with Crippen molar-refractivity contribution in [3.8, 4) is 11.8 Å². The monoisotopic (exact) mass is 318 g/mol. The molecule has 0 heterocycles. The van der Waals surface area contributed by atoms with Crippen LogP contribution in [0, 0.1) is 25.7 Å². The summed E-state index contributed by atoms with van der Waals surface area (Å²) in [6.45, 7) is 7.77. The van der Waals surface area contributed by atoms with Gasteiger partial charge in [0, 0.05) is 12.8 Å². The van der Waals surface area contributed by atoms with Crippen molar-refractivity contribution in [2.24, 2.45) is 0 Å². The summed E-state index contributed by atoms with van der Waals surface area (Å²) in [4.78, 5) is 0. The summed E-state index contributed by atoms with van der Waals surface area (Å²) < 4.78 is 0. The molecule has 0 aromatic carbocycles. The van der Waals surface area contributed by atoms with Crippen LogP contribution in [0.15, 0.2) is 0 Å². The SMILES string of the molecule is [CH2+]CCCCCCCC#CCCCCCCCCCCCC[CH2-]. The van der Waals surface area contributed by atoms with Gasteiger partial charge in [0.25, 0.3) is 0 Å². The van der Waals surface area contributed by atoms with E-state index >= 15 is 0 Å². The highest BCUT2D eigenvalue weighted by molar-refractivity contribution is 4.98. The lowest BCUT2D eigenvalue weighted by Gasteiger charge is -2.02. The minimum Gasteiger partial charge on any atom is -0.343 e. The molecule has 0 aromatic rings. The molecule has 0 bridgehead atoms. The van der Waals surface area contributed by atoms with Crippen LogP contribution in [-0.4, -0.2) is 0 Å². The van der Waals surface area contributed by atoms with Crippen LogP contribution in [-0.2, 0) is 0 Å². The van der Waals surface area contributed by atoms with Crippen molar-refractivity contribution in [2.45, 2.75) is 122 Å². The zero-order chi connectivity index (χ0) is 16.8. The predicted octanol–water partition coefficient (Wildman–Crippen LogP) is 8.07. The Morgan fingerprint density at radius 3 is 1.22 bits per heavy atom. The average molecular weight is 319 g/mol. The molecule has 0 nitrogen and oxygen atoms in total. The normalized spacial score (nSPS) is 10.5. The molecule has 0 aliphatic heterocycles. The largest absolute Gasteiger partial charge is 0.343 e. The van der Waals surface area contributed by atoms with Crippen molar-refractivity contribution in [3.63, 3.8) is 0 Å². The summed E-state index contributed by atoms with van der Waals surface area (Å²) in [5, 5.41) is 0. The maximum Gasteiger partial charge on any atom is 0.0850 e. The molecular weight excluding hydrogens is 276 g/mol. The van der Waals surface area contributed by atoms with E-state index in [0.717, 1.165) is 25.7 Å². The van der Waals surface area contributed by atoms with Crippen LogP contribution < -0.4 is 0 Å². The van der Waals surface area contributed by atoms with Gasteiger partial charge in [-0.1, -0.05) is 70.6 Å². The zero-order valence-corrected chi connectivity index (χ0v) is 15.8. The fraction of sp³-hybridized carbons (Fsp3) is 0.826. The third-order valence-corrected chi connectivity index (χ3v) is 4.48. The quantitative estimate of drug-likeness (QED) is 0.144. The van der Waals surface area contributed by atoms with Crippen molar-refractivity contribution in [2.75, 3.05) is 0 Å². The Bertz CT molecular complexity index is 255. The van der Waals surface area contributed by atoms with Gasteiger partial charge in [-0.05, 0) is 25.7 Å². The van der Waals surface area contributed by atoms with E-state index in [1.165, 1.54) is 96.3 Å². The maximum atomic E-state index is 3.89. The second-order valence-electron chi connectivity index (χ2n) is 6.86. The molecule has 0 unspecified atom stereocenters. The maximum absolute atomic E-state index is 3.89. The Kier molecular flexibility index (Phi) is 20.9. The Balaban J connectivity index is 3.06. The second kappa shape index (κ2) is 21.4. The van der Waals surface area contributed by atoms with Gasteiger partial charge in [0.2, 0.25) is 0 Å². The molecule has 0 aliphatic carbocycles. The lowest BCUT2D eigenvalue weighted by Crippen LogP contribution is -1.82. The fourth-order valence-electron chi connectivity index (χ4n) is 2.90. The van der Waals surface area contributed by atoms with Gasteiger partial charge in [0.15, 0.2) is 0 Å². The summed E-state index contributed by atoms with van der Waals surface area (Å²) in [5.41, 5.74) is 0. The molecule has 0 fully saturated rings. The highest BCUT2D eigenvalue weighted by atomic mass is 14.0. The number of rotatable bonds is 17. The first-order valence-corrected chi connectivity index (χ1v) is 10.5. The molecule has 0 saturated carbocycles. The smallest absolute Gasteiger partial charge is 0.0850 e. The first-order valence-electron chi connectivity index (χ1n) is 10.5. The first-order chi connectivity index (χ1) is 11.4. The Morgan fingerprint density at radius 2 is 0.826 bits per heavy atom. The van der Waals surface area contributed by atoms with Gasteiger partial charge in [0.05, 0.1) is 13.3 Å². The van der Waals surface area contributed by atoms with Crippen LogP contribution in [0.1, 0.15) is 122 Å². The van der Waals surface area contributed by atoms with Gasteiger partial charge < -0.3 is 6.92 Å². The van der Waals surface area contributed by atoms with Gasteiger partial charge >= 0.3 is 0 Å². The summed E-state index contributed by atoms with van der Waals surface area (Å²) in [6, 6.07) is 0. The topological polar surface area (TPSA) is 0 Å². The van der Waals surface area contributed by atoms with E-state index in [2.05, 4.69) is 25.7 Å². The van der Waals surface area contributed by atoms with Crippen LogP contribution in [0.2, 0.25) is 0 Å². The van der Waals surface area contributed by atoms with E-state index in [-0.39, 0.29) is 0 Å². The summed E-state index contributed by atoms with van der Waals surface area (Å²) >= 11 is 0. The third kappa shape index (κ3) is 21.4. The number of unbranched alkanes of at least 4 members (excludes halogenated alkanes) is 17. The molecule has 0 N–H and O–H groups in total. The summed E-state index contributed by atoms with van der Waals surface area (Å²) in [6.07, 6.45) is 25.0. The molecular formula is C23H42. The fourth-order valence-corrected chi connectivity index (χ4v) is 2.90. The van der Waals surface area contributed by atoms with Crippen molar-refractivity contribution < 1.29 is 0 Å². The summed E-state index contributed by atoms with van der Waals surface area (Å²) in [7, 11) is 0. The highest BCUT2D eigenvalue weighted by Gasteiger charge is 1.92. The number of hydrogen-bond donors (Lipinski definition) is 0. The van der Waals surface area contributed by atoms with E-state index in [1.54, 1.807) is 0 Å². The van der Waals surface area contributed by atoms with Gasteiger partial charge in [-0.3, -0.25) is 0 Å². The van der Waals surface area contributed by atoms with Gasteiger partial charge in [-0.25, -0.2) is 0 Å². The van der Waals surface area contributed by atoms with E-state index in [0.29, 0.717) is 0 Å². The van der Waals surface area contributed by atoms with Crippen molar-refractivity contribution in [3.05, 3.63) is 13.8 Å². The molecule has 0 amide bonds. The second-order valence-corrected chi connectivity index (χ2v) is 6.86. The van der Waals surface area contributed by atoms with Crippen LogP contribution in [0.5, 0.6) is 0 Å². The minimum atomic E-state index is 1.09. The van der Waals surface area contributed by atoms with Crippen LogP contribution in [0.3, 0.4) is 0 Å². The lowest BCUT2D eigenvalue weighted by molar-refractivity contribution is 0.554. The Morgan fingerprint density at radius 1 is 0.478 bits per heavy atom. The first kappa shape index (κ1) is 22.4. The molecule has 0 spiro atoms. The molecule has 0 rings (SSSR count). The Hall–Kier alpha value is -0.570. The molecule has 0 radical (unpaired) electrons. The van der Waals surface area contributed by atoms with E-state index < -0.39 is 0 Å². The van der Waals surface area contributed by atoms with Crippen molar-refractivity contribution >= 4 is 0 Å². The molecule has 0 heteroatoms. The van der Waals surface area contributed by atoms with Gasteiger partial charge in [0.1, 0.15) is 0 Å². The molecule has 0 saturated heterocycles. The van der Waals surface area contributed by atoms with Crippen LogP contribution in [0.25, 0.3) is 0 Å². The minimum absolute atomic E-state index is 1.09. The van der Waals surface area contributed by atoms with Crippen LogP contribution in [0.4, 0.5) is 0 Å². The molecule has 0 aromatic heterocycles. The van der Waals surface area contributed by atoms with E-state index in [9.17, 15) is 0 Å². The van der Waals surface area contributed by atoms with E-state index in [4.69, 9.17) is 0 Å². The predicted molar refractivity (Wildman–Crippen MR) is 106 cm³/mol. The molecule has 0 atom stereocenters. The zero-order valence-electron chi connectivity index (χ0n) is 15.8. The average Bonchev–Trinajstić information content (AvgIpc) is 2.57. The van der Waals surface area contributed by atoms with Crippen molar-refractivity contribution in [1.82, 2.24) is 0 Å². The highest BCUT2D eigenvalue weighted by Crippen LogP contribution is 2.11. The molecule has 23 heavy (non-hydrogen) atoms. The molecule has 0 aliphatic rings. The van der Waals surface area contributed by atoms with Gasteiger partial charge in [-0.15, -0.1) is 11.8 Å². The standard InChI is InChI=1S/C23H42/c1-3-5-7-9-11-13-15-17-19-21-23-22-20-18-16-14-12-10-8-6-4-2/h1-17,19,21-23H2. The number of hydrogen-bond acceptors (Lipinski definition) is 0.